The summed E-state index contributed by atoms with van der Waals surface area (Å²) in [6.45, 7) is -2.41. The standard InChI is InChI=1S/C14H17F3N2O3/c15-11-2-1-3-12(22-13(16)17)10(11)6-18-14(21)19-5-4-9(7-19)8-20/h1-3,9,13,20H,4-8H2,(H,18,21). The molecule has 1 aliphatic heterocycles. The van der Waals surface area contributed by atoms with Gasteiger partial charge in [-0.05, 0) is 18.6 Å². The SMILES string of the molecule is O=C(NCc1c(F)cccc1OC(F)F)N1CCC(CO)C1. The van der Waals surface area contributed by atoms with Crippen LogP contribution in [0.5, 0.6) is 5.75 Å². The highest BCUT2D eigenvalue weighted by molar-refractivity contribution is 5.74. The van der Waals surface area contributed by atoms with Gasteiger partial charge in [-0.15, -0.1) is 0 Å². The molecule has 0 bridgehead atoms. The van der Waals surface area contributed by atoms with Gasteiger partial charge in [0.25, 0.3) is 0 Å². The fourth-order valence-corrected chi connectivity index (χ4v) is 2.36. The van der Waals surface area contributed by atoms with Gasteiger partial charge >= 0.3 is 12.6 Å². The Morgan fingerprint density at radius 1 is 1.50 bits per heavy atom. The number of nitrogens with one attached hydrogen (secondary N) is 1. The molecule has 122 valence electrons. The van der Waals surface area contributed by atoms with E-state index in [-0.39, 0.29) is 30.4 Å². The van der Waals surface area contributed by atoms with Crippen LogP contribution in [0.3, 0.4) is 0 Å². The molecule has 0 spiro atoms. The quantitative estimate of drug-likeness (QED) is 0.872. The Morgan fingerprint density at radius 2 is 2.27 bits per heavy atom. The molecule has 0 aliphatic carbocycles. The molecule has 1 heterocycles. The Kier molecular flexibility index (Phi) is 5.48. The zero-order valence-corrected chi connectivity index (χ0v) is 11.8. The van der Waals surface area contributed by atoms with E-state index in [1.54, 1.807) is 0 Å². The lowest BCUT2D eigenvalue weighted by atomic mass is 10.1. The number of likely N-dealkylation sites (tertiary alicyclic amines) is 1. The van der Waals surface area contributed by atoms with Gasteiger partial charge in [-0.3, -0.25) is 0 Å². The highest BCUT2D eigenvalue weighted by atomic mass is 19.3. The predicted molar refractivity (Wildman–Crippen MR) is 72.0 cm³/mol. The maximum atomic E-state index is 13.7. The highest BCUT2D eigenvalue weighted by Gasteiger charge is 2.25. The molecule has 2 amide bonds. The van der Waals surface area contributed by atoms with E-state index >= 15 is 0 Å². The van der Waals surface area contributed by atoms with Crippen molar-refractivity contribution in [1.29, 1.82) is 0 Å². The summed E-state index contributed by atoms with van der Waals surface area (Å²) in [7, 11) is 0. The molecule has 2 rings (SSSR count). The number of halogens is 3. The van der Waals surface area contributed by atoms with Gasteiger partial charge in [-0.1, -0.05) is 6.07 Å². The molecular formula is C14H17F3N2O3. The van der Waals surface area contributed by atoms with Crippen molar-refractivity contribution in [3.8, 4) is 5.75 Å². The fourth-order valence-electron chi connectivity index (χ4n) is 2.36. The predicted octanol–water partition coefficient (Wildman–Crippen LogP) is 1.95. The first-order chi connectivity index (χ1) is 10.5. The van der Waals surface area contributed by atoms with Crippen LogP contribution in [-0.4, -0.2) is 42.3 Å². The molecule has 1 atom stereocenters. The number of hydrogen-bond donors (Lipinski definition) is 2. The van der Waals surface area contributed by atoms with Crippen molar-refractivity contribution in [3.05, 3.63) is 29.6 Å². The summed E-state index contributed by atoms with van der Waals surface area (Å²) >= 11 is 0. The molecule has 1 fully saturated rings. The van der Waals surface area contributed by atoms with Crippen LogP contribution < -0.4 is 10.1 Å². The summed E-state index contributed by atoms with van der Waals surface area (Å²) in [4.78, 5) is 13.4. The van der Waals surface area contributed by atoms with E-state index in [1.807, 2.05) is 0 Å². The molecule has 1 saturated heterocycles. The summed E-state index contributed by atoms with van der Waals surface area (Å²) in [6.07, 6.45) is 0.698. The van der Waals surface area contributed by atoms with Crippen molar-refractivity contribution in [2.75, 3.05) is 19.7 Å². The van der Waals surface area contributed by atoms with Crippen molar-refractivity contribution >= 4 is 6.03 Å². The van der Waals surface area contributed by atoms with E-state index in [4.69, 9.17) is 5.11 Å². The minimum absolute atomic E-state index is 0.00344. The molecule has 0 saturated carbocycles. The zero-order chi connectivity index (χ0) is 16.1. The highest BCUT2D eigenvalue weighted by Crippen LogP contribution is 2.23. The lowest BCUT2D eigenvalue weighted by Gasteiger charge is -2.18. The summed E-state index contributed by atoms with van der Waals surface area (Å²) in [5.41, 5.74) is -0.131. The van der Waals surface area contributed by atoms with Gasteiger partial charge in [0, 0.05) is 31.2 Å². The van der Waals surface area contributed by atoms with Gasteiger partial charge in [0.05, 0.1) is 6.54 Å². The van der Waals surface area contributed by atoms with E-state index in [9.17, 15) is 18.0 Å². The molecule has 1 unspecified atom stereocenters. The van der Waals surface area contributed by atoms with Crippen LogP contribution in [0.15, 0.2) is 18.2 Å². The largest absolute Gasteiger partial charge is 0.434 e. The molecule has 8 heteroatoms. The number of nitrogens with zero attached hydrogens (tertiary/aromatic N) is 1. The number of amides is 2. The minimum Gasteiger partial charge on any atom is -0.434 e. The average molecular weight is 318 g/mol. The first-order valence-corrected chi connectivity index (χ1v) is 6.87. The number of urea groups is 1. The summed E-state index contributed by atoms with van der Waals surface area (Å²) < 4.78 is 42.6. The maximum Gasteiger partial charge on any atom is 0.387 e. The van der Waals surface area contributed by atoms with Crippen LogP contribution in [0.1, 0.15) is 12.0 Å². The molecule has 22 heavy (non-hydrogen) atoms. The smallest absolute Gasteiger partial charge is 0.387 e. The Bertz CT molecular complexity index is 528. The second-order valence-corrected chi connectivity index (χ2v) is 5.04. The second kappa shape index (κ2) is 7.35. The molecule has 1 aromatic carbocycles. The number of aliphatic hydroxyl groups excluding tert-OH is 1. The van der Waals surface area contributed by atoms with Gasteiger partial charge in [0.1, 0.15) is 11.6 Å². The fraction of sp³-hybridized carbons (Fsp3) is 0.500. The van der Waals surface area contributed by atoms with E-state index in [0.29, 0.717) is 19.5 Å². The number of aliphatic hydroxyl groups is 1. The summed E-state index contributed by atoms with van der Waals surface area (Å²) in [6, 6.07) is 3.15. The van der Waals surface area contributed by atoms with Crippen LogP contribution in [0.2, 0.25) is 0 Å². The van der Waals surface area contributed by atoms with Gasteiger partial charge in [-0.2, -0.15) is 8.78 Å². The maximum absolute atomic E-state index is 13.7. The molecule has 0 radical (unpaired) electrons. The first-order valence-electron chi connectivity index (χ1n) is 6.87. The molecule has 1 aliphatic rings. The van der Waals surface area contributed by atoms with Crippen LogP contribution >= 0.6 is 0 Å². The van der Waals surface area contributed by atoms with Crippen LogP contribution in [0.4, 0.5) is 18.0 Å². The Labute approximate surface area is 125 Å². The van der Waals surface area contributed by atoms with Gasteiger partial charge in [0.2, 0.25) is 0 Å². The van der Waals surface area contributed by atoms with Crippen LogP contribution in [-0.2, 0) is 6.54 Å². The van der Waals surface area contributed by atoms with Gasteiger partial charge < -0.3 is 20.1 Å². The number of carbonyl (C=O) groups excluding carboxylic acids is 1. The summed E-state index contributed by atoms with van der Waals surface area (Å²) in [5.74, 6) is -0.991. The molecule has 0 aromatic heterocycles. The molecule has 1 aromatic rings. The Morgan fingerprint density at radius 3 is 2.91 bits per heavy atom. The Balaban J connectivity index is 1.98. The van der Waals surface area contributed by atoms with Gasteiger partial charge in [-0.25, -0.2) is 9.18 Å². The van der Waals surface area contributed by atoms with Crippen LogP contribution in [0.25, 0.3) is 0 Å². The van der Waals surface area contributed by atoms with Crippen molar-refractivity contribution < 1.29 is 27.8 Å². The zero-order valence-electron chi connectivity index (χ0n) is 11.8. The van der Waals surface area contributed by atoms with Crippen molar-refractivity contribution in [3.63, 3.8) is 0 Å². The van der Waals surface area contributed by atoms with E-state index in [2.05, 4.69) is 10.1 Å². The van der Waals surface area contributed by atoms with Crippen molar-refractivity contribution in [1.82, 2.24) is 10.2 Å². The van der Waals surface area contributed by atoms with E-state index < -0.39 is 18.5 Å². The first kappa shape index (κ1) is 16.4. The number of alkyl halides is 2. The average Bonchev–Trinajstić information content (AvgIpc) is 2.95. The molecule has 2 N–H and O–H groups in total. The third-order valence-corrected chi connectivity index (χ3v) is 3.54. The van der Waals surface area contributed by atoms with Crippen molar-refractivity contribution in [2.24, 2.45) is 5.92 Å². The number of carbonyl (C=O) groups is 1. The molecular weight excluding hydrogens is 301 g/mol. The number of ether oxygens (including phenoxy) is 1. The third-order valence-electron chi connectivity index (χ3n) is 3.54. The monoisotopic (exact) mass is 318 g/mol. The van der Waals surface area contributed by atoms with Gasteiger partial charge in [0.15, 0.2) is 0 Å². The normalized spacial score (nSPS) is 17.9. The Hall–Kier alpha value is -1.96. The van der Waals surface area contributed by atoms with E-state index in [1.165, 1.54) is 17.0 Å². The second-order valence-electron chi connectivity index (χ2n) is 5.04. The van der Waals surface area contributed by atoms with E-state index in [0.717, 1.165) is 6.07 Å². The van der Waals surface area contributed by atoms with Crippen LogP contribution in [0, 0.1) is 11.7 Å². The topological polar surface area (TPSA) is 61.8 Å². The summed E-state index contributed by atoms with van der Waals surface area (Å²) in [5, 5.41) is 11.5. The van der Waals surface area contributed by atoms with Crippen molar-refractivity contribution in [2.45, 2.75) is 19.6 Å². The third kappa shape index (κ3) is 4.03. The number of hydrogen-bond acceptors (Lipinski definition) is 3. The lowest BCUT2D eigenvalue weighted by Crippen LogP contribution is -2.38. The lowest BCUT2D eigenvalue weighted by molar-refractivity contribution is -0.0506. The number of benzene rings is 1. The minimum atomic E-state index is -3.07. The molecule has 5 nitrogen and oxygen atoms in total. The number of rotatable bonds is 5.